The molecule has 0 aliphatic rings. The van der Waals surface area contributed by atoms with E-state index in [2.05, 4.69) is 5.10 Å². The van der Waals surface area contributed by atoms with Crippen LogP contribution in [0, 0.1) is 6.92 Å². The Labute approximate surface area is 94.6 Å². The summed E-state index contributed by atoms with van der Waals surface area (Å²) in [6.07, 6.45) is 1.64. The normalized spacial score (nSPS) is 10.4. The highest BCUT2D eigenvalue weighted by Gasteiger charge is 2.06. The largest absolute Gasteiger partial charge is 0.487 e. The Morgan fingerprint density at radius 1 is 1.38 bits per heavy atom. The number of aryl methyl sites for hydroxylation is 2. The molecule has 2 N–H and O–H groups in total. The van der Waals surface area contributed by atoms with E-state index in [0.29, 0.717) is 12.3 Å². The number of anilines is 1. The Hall–Kier alpha value is -1.97. The first-order valence-electron chi connectivity index (χ1n) is 5.13. The molecule has 0 aliphatic heterocycles. The monoisotopic (exact) mass is 217 g/mol. The van der Waals surface area contributed by atoms with Gasteiger partial charge >= 0.3 is 0 Å². The van der Waals surface area contributed by atoms with Crippen molar-refractivity contribution >= 4 is 5.69 Å². The van der Waals surface area contributed by atoms with Crippen molar-refractivity contribution in [1.29, 1.82) is 0 Å². The van der Waals surface area contributed by atoms with E-state index in [-0.39, 0.29) is 0 Å². The average molecular weight is 217 g/mol. The maximum absolute atomic E-state index is 5.78. The van der Waals surface area contributed by atoms with Crippen LogP contribution in [0.15, 0.2) is 30.5 Å². The highest BCUT2D eigenvalue weighted by molar-refractivity contribution is 5.41. The summed E-state index contributed by atoms with van der Waals surface area (Å²) in [6.45, 7) is 2.45. The van der Waals surface area contributed by atoms with E-state index >= 15 is 0 Å². The molecule has 1 aromatic heterocycles. The third-order valence-electron chi connectivity index (χ3n) is 2.55. The van der Waals surface area contributed by atoms with Gasteiger partial charge in [0.15, 0.2) is 0 Å². The zero-order valence-corrected chi connectivity index (χ0v) is 9.47. The maximum Gasteiger partial charge on any atom is 0.132 e. The van der Waals surface area contributed by atoms with Gasteiger partial charge in [-0.2, -0.15) is 5.10 Å². The van der Waals surface area contributed by atoms with E-state index in [9.17, 15) is 0 Å². The van der Waals surface area contributed by atoms with Crippen molar-refractivity contribution in [2.75, 3.05) is 5.73 Å². The topological polar surface area (TPSA) is 53.1 Å². The van der Waals surface area contributed by atoms with Gasteiger partial charge in [0.25, 0.3) is 0 Å². The second kappa shape index (κ2) is 4.26. The predicted octanol–water partition coefficient (Wildman–Crippen LogP) is 1.89. The molecule has 2 aromatic rings. The number of rotatable bonds is 3. The summed E-state index contributed by atoms with van der Waals surface area (Å²) in [5.41, 5.74) is 8.45. The molecule has 1 heterocycles. The summed E-state index contributed by atoms with van der Waals surface area (Å²) in [6, 6.07) is 7.90. The number of nitrogens with zero attached hydrogens (tertiary/aromatic N) is 2. The SMILES string of the molecule is Cc1ccccc1OCc1c(N)cnn1C. The molecule has 2 rings (SSSR count). The van der Waals surface area contributed by atoms with Gasteiger partial charge in [-0.3, -0.25) is 4.68 Å². The van der Waals surface area contributed by atoms with Crippen LogP contribution in [0.25, 0.3) is 0 Å². The fraction of sp³-hybridized carbons (Fsp3) is 0.250. The molecule has 4 nitrogen and oxygen atoms in total. The first-order valence-corrected chi connectivity index (χ1v) is 5.13. The van der Waals surface area contributed by atoms with Gasteiger partial charge in [-0.25, -0.2) is 0 Å². The molecular weight excluding hydrogens is 202 g/mol. The van der Waals surface area contributed by atoms with E-state index in [1.807, 2.05) is 38.2 Å². The standard InChI is InChI=1S/C12H15N3O/c1-9-5-3-4-6-12(9)16-8-11-10(13)7-14-15(11)2/h3-7H,8,13H2,1-2H3. The predicted molar refractivity (Wildman–Crippen MR) is 63.1 cm³/mol. The Kier molecular flexibility index (Phi) is 2.81. The molecule has 0 saturated heterocycles. The lowest BCUT2D eigenvalue weighted by atomic mass is 10.2. The number of benzene rings is 1. The summed E-state index contributed by atoms with van der Waals surface area (Å²) in [5.74, 6) is 0.878. The van der Waals surface area contributed by atoms with Crippen molar-refractivity contribution in [3.05, 3.63) is 41.7 Å². The summed E-state index contributed by atoms with van der Waals surface area (Å²) in [5, 5.41) is 4.06. The second-order valence-electron chi connectivity index (χ2n) is 3.72. The quantitative estimate of drug-likeness (QED) is 0.854. The third-order valence-corrected chi connectivity index (χ3v) is 2.55. The van der Waals surface area contributed by atoms with Gasteiger partial charge in [0, 0.05) is 7.05 Å². The fourth-order valence-corrected chi connectivity index (χ4v) is 1.52. The number of para-hydroxylation sites is 1. The molecule has 0 spiro atoms. The van der Waals surface area contributed by atoms with Crippen molar-refractivity contribution in [3.63, 3.8) is 0 Å². The fourth-order valence-electron chi connectivity index (χ4n) is 1.52. The van der Waals surface area contributed by atoms with E-state index in [1.165, 1.54) is 0 Å². The summed E-state index contributed by atoms with van der Waals surface area (Å²) >= 11 is 0. The number of nitrogens with two attached hydrogens (primary N) is 1. The highest BCUT2D eigenvalue weighted by Crippen LogP contribution is 2.19. The van der Waals surface area contributed by atoms with E-state index in [0.717, 1.165) is 17.0 Å². The maximum atomic E-state index is 5.78. The molecular formula is C12H15N3O. The average Bonchev–Trinajstić information content (AvgIpc) is 2.58. The lowest BCUT2D eigenvalue weighted by Gasteiger charge is -2.09. The van der Waals surface area contributed by atoms with Gasteiger partial charge in [0.1, 0.15) is 12.4 Å². The molecule has 0 radical (unpaired) electrons. The van der Waals surface area contributed by atoms with Gasteiger partial charge in [-0.1, -0.05) is 18.2 Å². The zero-order valence-electron chi connectivity index (χ0n) is 9.47. The highest BCUT2D eigenvalue weighted by atomic mass is 16.5. The van der Waals surface area contributed by atoms with Crippen molar-refractivity contribution in [2.24, 2.45) is 7.05 Å². The van der Waals surface area contributed by atoms with Crippen LogP contribution >= 0.6 is 0 Å². The number of ether oxygens (including phenoxy) is 1. The molecule has 4 heteroatoms. The Morgan fingerprint density at radius 3 is 2.75 bits per heavy atom. The number of nitrogen functional groups attached to an aromatic ring is 1. The number of aromatic nitrogens is 2. The molecule has 0 saturated carbocycles. The molecule has 16 heavy (non-hydrogen) atoms. The summed E-state index contributed by atoms with van der Waals surface area (Å²) < 4.78 is 7.43. The minimum Gasteiger partial charge on any atom is -0.487 e. The lowest BCUT2D eigenvalue weighted by Crippen LogP contribution is -2.05. The van der Waals surface area contributed by atoms with Crippen LogP contribution in [0.3, 0.4) is 0 Å². The first kappa shape index (κ1) is 10.5. The van der Waals surface area contributed by atoms with Crippen molar-refractivity contribution in [3.8, 4) is 5.75 Å². The second-order valence-corrected chi connectivity index (χ2v) is 3.72. The molecule has 0 bridgehead atoms. The third kappa shape index (κ3) is 2.00. The number of hydrogen-bond acceptors (Lipinski definition) is 3. The van der Waals surface area contributed by atoms with Crippen LogP contribution in [0.5, 0.6) is 5.75 Å². The van der Waals surface area contributed by atoms with E-state index in [1.54, 1.807) is 10.9 Å². The van der Waals surface area contributed by atoms with Gasteiger partial charge in [-0.05, 0) is 18.6 Å². The van der Waals surface area contributed by atoms with Crippen molar-refractivity contribution in [1.82, 2.24) is 9.78 Å². The minimum absolute atomic E-state index is 0.438. The van der Waals surface area contributed by atoms with Crippen LogP contribution < -0.4 is 10.5 Å². The Balaban J connectivity index is 2.11. The van der Waals surface area contributed by atoms with Gasteiger partial charge in [0.05, 0.1) is 17.6 Å². The van der Waals surface area contributed by atoms with Crippen LogP contribution in [0.2, 0.25) is 0 Å². The van der Waals surface area contributed by atoms with Crippen LogP contribution in [0.1, 0.15) is 11.3 Å². The van der Waals surface area contributed by atoms with Crippen molar-refractivity contribution in [2.45, 2.75) is 13.5 Å². The molecule has 0 aliphatic carbocycles. The van der Waals surface area contributed by atoms with Crippen LogP contribution in [0.4, 0.5) is 5.69 Å². The first-order chi connectivity index (χ1) is 7.68. The molecule has 0 unspecified atom stereocenters. The Bertz CT molecular complexity index is 471. The summed E-state index contributed by atoms with van der Waals surface area (Å²) in [4.78, 5) is 0. The van der Waals surface area contributed by atoms with Gasteiger partial charge in [0.2, 0.25) is 0 Å². The van der Waals surface area contributed by atoms with E-state index in [4.69, 9.17) is 10.5 Å². The van der Waals surface area contributed by atoms with E-state index < -0.39 is 0 Å². The van der Waals surface area contributed by atoms with Crippen LogP contribution in [-0.2, 0) is 13.7 Å². The summed E-state index contributed by atoms with van der Waals surface area (Å²) in [7, 11) is 1.85. The molecule has 0 fully saturated rings. The molecule has 0 atom stereocenters. The molecule has 1 aromatic carbocycles. The van der Waals surface area contributed by atoms with Crippen molar-refractivity contribution < 1.29 is 4.74 Å². The van der Waals surface area contributed by atoms with Gasteiger partial charge < -0.3 is 10.5 Å². The smallest absolute Gasteiger partial charge is 0.132 e. The molecule has 84 valence electrons. The Morgan fingerprint density at radius 2 is 2.12 bits per heavy atom. The minimum atomic E-state index is 0.438. The van der Waals surface area contributed by atoms with Gasteiger partial charge in [-0.15, -0.1) is 0 Å². The van der Waals surface area contributed by atoms with Crippen LogP contribution in [-0.4, -0.2) is 9.78 Å². The zero-order chi connectivity index (χ0) is 11.5. The lowest BCUT2D eigenvalue weighted by molar-refractivity contribution is 0.293. The molecule has 0 amide bonds. The number of hydrogen-bond donors (Lipinski definition) is 1.